The van der Waals surface area contributed by atoms with Crippen LogP contribution in [0.4, 0.5) is 10.1 Å². The standard InChI is InChI=1S/C23H26Cl2FN3O3/c24-14-1-8-21-20(11-14)28-13-22(32-21)23(30)29-16-4-2-15(3-5-16)27-9-10-31-17-6-7-18(25)19(26)12-17/h1,6-8,11-12,15-16,22,27-28H,2-5,9-10,13H2,(H,29,30). The van der Waals surface area contributed by atoms with E-state index in [1.54, 1.807) is 24.3 Å². The van der Waals surface area contributed by atoms with Crippen LogP contribution < -0.4 is 25.4 Å². The average molecular weight is 482 g/mol. The van der Waals surface area contributed by atoms with E-state index in [9.17, 15) is 9.18 Å². The summed E-state index contributed by atoms with van der Waals surface area (Å²) in [6, 6.07) is 10.2. The minimum absolute atomic E-state index is 0.0837. The fourth-order valence-corrected chi connectivity index (χ4v) is 4.31. The van der Waals surface area contributed by atoms with Gasteiger partial charge in [0.15, 0.2) is 6.10 Å². The molecular formula is C23H26Cl2FN3O3. The Labute approximate surface area is 196 Å². The van der Waals surface area contributed by atoms with Crippen molar-refractivity contribution in [3.8, 4) is 11.5 Å². The predicted molar refractivity (Wildman–Crippen MR) is 123 cm³/mol. The summed E-state index contributed by atoms with van der Waals surface area (Å²) in [5.74, 6) is 0.515. The molecule has 9 heteroatoms. The Kier molecular flexibility index (Phi) is 7.60. The monoisotopic (exact) mass is 481 g/mol. The third kappa shape index (κ3) is 5.97. The minimum atomic E-state index is -0.561. The Morgan fingerprint density at radius 2 is 1.91 bits per heavy atom. The third-order valence-corrected chi connectivity index (χ3v) is 6.29. The molecule has 1 heterocycles. The van der Waals surface area contributed by atoms with E-state index in [1.807, 2.05) is 0 Å². The van der Waals surface area contributed by atoms with Crippen LogP contribution in [0.5, 0.6) is 11.5 Å². The molecule has 172 valence electrons. The first kappa shape index (κ1) is 23.0. The number of fused-ring (bicyclic) bond motifs is 1. The van der Waals surface area contributed by atoms with Crippen LogP contribution in [0.2, 0.25) is 10.0 Å². The molecule has 0 aromatic heterocycles. The number of hydrogen-bond acceptors (Lipinski definition) is 5. The smallest absolute Gasteiger partial charge is 0.263 e. The van der Waals surface area contributed by atoms with Crippen molar-refractivity contribution in [3.63, 3.8) is 0 Å². The van der Waals surface area contributed by atoms with Crippen molar-refractivity contribution < 1.29 is 18.7 Å². The molecule has 1 atom stereocenters. The van der Waals surface area contributed by atoms with Crippen molar-refractivity contribution in [2.75, 3.05) is 25.0 Å². The number of halogens is 3. The van der Waals surface area contributed by atoms with Gasteiger partial charge in [-0.3, -0.25) is 4.79 Å². The summed E-state index contributed by atoms with van der Waals surface area (Å²) in [5, 5.41) is 10.5. The second kappa shape index (κ2) is 10.6. The van der Waals surface area contributed by atoms with Gasteiger partial charge >= 0.3 is 0 Å². The zero-order valence-corrected chi connectivity index (χ0v) is 19.0. The van der Waals surface area contributed by atoms with E-state index >= 15 is 0 Å². The van der Waals surface area contributed by atoms with E-state index in [-0.39, 0.29) is 17.0 Å². The highest BCUT2D eigenvalue weighted by molar-refractivity contribution is 6.31. The number of carbonyl (C=O) groups is 1. The third-order valence-electron chi connectivity index (χ3n) is 5.75. The van der Waals surface area contributed by atoms with Gasteiger partial charge in [-0.2, -0.15) is 0 Å². The molecule has 0 saturated heterocycles. The Morgan fingerprint density at radius 3 is 2.69 bits per heavy atom. The molecule has 0 spiro atoms. The molecule has 1 unspecified atom stereocenters. The quantitative estimate of drug-likeness (QED) is 0.511. The lowest BCUT2D eigenvalue weighted by atomic mass is 9.91. The Balaban J connectivity index is 1.14. The largest absolute Gasteiger partial charge is 0.492 e. The summed E-state index contributed by atoms with van der Waals surface area (Å²) >= 11 is 11.7. The van der Waals surface area contributed by atoms with Crippen LogP contribution in [0.3, 0.4) is 0 Å². The molecule has 1 aliphatic carbocycles. The van der Waals surface area contributed by atoms with Gasteiger partial charge < -0.3 is 25.4 Å². The van der Waals surface area contributed by atoms with Crippen molar-refractivity contribution in [1.82, 2.24) is 10.6 Å². The number of ether oxygens (including phenoxy) is 2. The summed E-state index contributed by atoms with van der Waals surface area (Å²) in [4.78, 5) is 12.6. The van der Waals surface area contributed by atoms with Crippen LogP contribution in [0.25, 0.3) is 0 Å². The van der Waals surface area contributed by atoms with Crippen LogP contribution in [0.1, 0.15) is 25.7 Å². The SMILES string of the molecule is O=C(NC1CCC(NCCOc2ccc(Cl)c(F)c2)CC1)C1CNc2cc(Cl)ccc2O1. The molecule has 3 N–H and O–H groups in total. The van der Waals surface area contributed by atoms with Crippen molar-refractivity contribution in [2.45, 2.75) is 43.9 Å². The molecular weight excluding hydrogens is 456 g/mol. The molecule has 1 fully saturated rings. The summed E-state index contributed by atoms with van der Waals surface area (Å²) < 4.78 is 24.8. The van der Waals surface area contributed by atoms with E-state index in [4.69, 9.17) is 32.7 Å². The number of hydrogen-bond donors (Lipinski definition) is 3. The zero-order valence-electron chi connectivity index (χ0n) is 17.5. The van der Waals surface area contributed by atoms with Gasteiger partial charge in [0.25, 0.3) is 5.91 Å². The number of carbonyl (C=O) groups excluding carboxylic acids is 1. The first-order valence-electron chi connectivity index (χ1n) is 10.8. The van der Waals surface area contributed by atoms with Gasteiger partial charge in [0.1, 0.15) is 23.9 Å². The fourth-order valence-electron chi connectivity index (χ4n) is 4.02. The second-order valence-electron chi connectivity index (χ2n) is 8.06. The molecule has 0 bridgehead atoms. The Bertz CT molecular complexity index is 954. The molecule has 4 rings (SSSR count). The van der Waals surface area contributed by atoms with Crippen LogP contribution >= 0.6 is 23.2 Å². The molecule has 1 amide bonds. The topological polar surface area (TPSA) is 71.6 Å². The maximum absolute atomic E-state index is 13.4. The van der Waals surface area contributed by atoms with Crippen molar-refractivity contribution in [3.05, 3.63) is 52.3 Å². The lowest BCUT2D eigenvalue weighted by Gasteiger charge is -2.32. The molecule has 2 aromatic rings. The molecule has 2 aromatic carbocycles. The average Bonchev–Trinajstić information content (AvgIpc) is 2.79. The summed E-state index contributed by atoms with van der Waals surface area (Å²) in [7, 11) is 0. The van der Waals surface area contributed by atoms with Gasteiger partial charge in [0, 0.05) is 29.7 Å². The van der Waals surface area contributed by atoms with Gasteiger partial charge in [-0.15, -0.1) is 0 Å². The van der Waals surface area contributed by atoms with E-state index in [0.717, 1.165) is 31.4 Å². The molecule has 1 aliphatic heterocycles. The predicted octanol–water partition coefficient (Wildman–Crippen LogP) is 4.40. The number of amides is 1. The maximum atomic E-state index is 13.4. The fraction of sp³-hybridized carbons (Fsp3) is 0.435. The number of rotatable bonds is 7. The summed E-state index contributed by atoms with van der Waals surface area (Å²) in [5.41, 5.74) is 0.804. The van der Waals surface area contributed by atoms with E-state index in [2.05, 4.69) is 16.0 Å². The number of benzene rings is 2. The van der Waals surface area contributed by atoms with E-state index < -0.39 is 11.9 Å². The van der Waals surface area contributed by atoms with E-state index in [1.165, 1.54) is 12.1 Å². The highest BCUT2D eigenvalue weighted by atomic mass is 35.5. The van der Waals surface area contributed by atoms with Gasteiger partial charge in [-0.05, 0) is 56.0 Å². The summed E-state index contributed by atoms with van der Waals surface area (Å²) in [6.45, 7) is 1.51. The summed E-state index contributed by atoms with van der Waals surface area (Å²) in [6.07, 6.45) is 3.17. The number of anilines is 1. The molecule has 1 saturated carbocycles. The highest BCUT2D eigenvalue weighted by Gasteiger charge is 2.29. The Hall–Kier alpha value is -2.22. The Morgan fingerprint density at radius 1 is 1.12 bits per heavy atom. The first-order valence-corrected chi connectivity index (χ1v) is 11.6. The number of nitrogens with one attached hydrogen (secondary N) is 3. The molecule has 2 aliphatic rings. The van der Waals surface area contributed by atoms with Crippen molar-refractivity contribution in [1.29, 1.82) is 0 Å². The van der Waals surface area contributed by atoms with Gasteiger partial charge in [0.2, 0.25) is 0 Å². The normalized spacial score (nSPS) is 22.3. The van der Waals surface area contributed by atoms with Crippen LogP contribution in [0, 0.1) is 5.82 Å². The first-order chi connectivity index (χ1) is 15.5. The van der Waals surface area contributed by atoms with Crippen LogP contribution in [-0.4, -0.2) is 43.8 Å². The lowest BCUT2D eigenvalue weighted by molar-refractivity contribution is -0.128. The zero-order chi connectivity index (χ0) is 22.5. The molecule has 0 radical (unpaired) electrons. The van der Waals surface area contributed by atoms with Crippen LogP contribution in [-0.2, 0) is 4.79 Å². The van der Waals surface area contributed by atoms with Crippen molar-refractivity contribution in [2.24, 2.45) is 0 Å². The van der Waals surface area contributed by atoms with Gasteiger partial charge in [0.05, 0.1) is 17.3 Å². The lowest BCUT2D eigenvalue weighted by Crippen LogP contribution is -2.50. The molecule has 6 nitrogen and oxygen atoms in total. The van der Waals surface area contributed by atoms with Crippen LogP contribution in [0.15, 0.2) is 36.4 Å². The maximum Gasteiger partial charge on any atom is 0.263 e. The van der Waals surface area contributed by atoms with Gasteiger partial charge in [-0.1, -0.05) is 23.2 Å². The second-order valence-corrected chi connectivity index (χ2v) is 8.91. The van der Waals surface area contributed by atoms with Crippen molar-refractivity contribution >= 4 is 34.8 Å². The highest BCUT2D eigenvalue weighted by Crippen LogP contribution is 2.31. The van der Waals surface area contributed by atoms with Gasteiger partial charge in [-0.25, -0.2) is 4.39 Å². The minimum Gasteiger partial charge on any atom is -0.492 e. The molecule has 32 heavy (non-hydrogen) atoms. The van der Waals surface area contributed by atoms with E-state index in [0.29, 0.717) is 42.3 Å².